The second kappa shape index (κ2) is 10.0. The molecule has 4 heterocycles. The molecule has 0 bridgehead atoms. The number of hydrogen-bond acceptors (Lipinski definition) is 1. The van der Waals surface area contributed by atoms with Crippen molar-refractivity contribution in [2.75, 3.05) is 0 Å². The molecule has 1 aliphatic heterocycles. The van der Waals surface area contributed by atoms with Gasteiger partial charge in [-0.15, -0.1) is 0 Å². The van der Waals surface area contributed by atoms with E-state index in [1.165, 1.54) is 77.1 Å². The Bertz CT molecular complexity index is 3350. The third-order valence-electron chi connectivity index (χ3n) is 12.2. The highest BCUT2D eigenvalue weighted by molar-refractivity contribution is 6.19. The van der Waals surface area contributed by atoms with E-state index in [9.17, 15) is 0 Å². The second-order valence-electron chi connectivity index (χ2n) is 14.7. The van der Waals surface area contributed by atoms with Crippen LogP contribution in [0.4, 0.5) is 0 Å². The summed E-state index contributed by atoms with van der Waals surface area (Å²) in [7, 11) is 0. The van der Waals surface area contributed by atoms with Crippen LogP contribution < -0.4 is 0 Å². The van der Waals surface area contributed by atoms with Gasteiger partial charge in [-0.05, 0) is 89.0 Å². The van der Waals surface area contributed by atoms with Gasteiger partial charge in [-0.2, -0.15) is 0 Å². The molecule has 8 aromatic carbocycles. The fourth-order valence-electron chi connectivity index (χ4n) is 10.1. The summed E-state index contributed by atoms with van der Waals surface area (Å²) in [5.41, 5.74) is 16.3. The first-order valence-electron chi connectivity index (χ1n) is 18.6. The van der Waals surface area contributed by atoms with Crippen LogP contribution in [0.2, 0.25) is 0 Å². The van der Waals surface area contributed by atoms with Gasteiger partial charge >= 0.3 is 0 Å². The number of nitrogens with zero attached hydrogens (tertiary/aromatic N) is 4. The number of aromatic nitrogens is 4. The number of rotatable bonds is 2. The van der Waals surface area contributed by atoms with Crippen LogP contribution in [0.15, 0.2) is 182 Å². The van der Waals surface area contributed by atoms with Gasteiger partial charge in [-0.25, -0.2) is 4.98 Å². The van der Waals surface area contributed by atoms with E-state index >= 15 is 0 Å². The van der Waals surface area contributed by atoms with Gasteiger partial charge in [-0.3, -0.25) is 4.57 Å². The van der Waals surface area contributed by atoms with Crippen LogP contribution in [0, 0.1) is 0 Å². The quantitative estimate of drug-likeness (QED) is 0.178. The molecule has 0 N–H and O–H groups in total. The molecule has 13 rings (SSSR count). The largest absolute Gasteiger partial charge is 0.309 e. The van der Waals surface area contributed by atoms with Crippen molar-refractivity contribution in [3.63, 3.8) is 0 Å². The maximum absolute atomic E-state index is 5.48. The van der Waals surface area contributed by atoms with E-state index in [-0.39, 0.29) is 0 Å². The minimum Gasteiger partial charge on any atom is -0.309 e. The van der Waals surface area contributed by atoms with Crippen molar-refractivity contribution < 1.29 is 0 Å². The van der Waals surface area contributed by atoms with Crippen LogP contribution in [-0.4, -0.2) is 18.7 Å². The highest BCUT2D eigenvalue weighted by Crippen LogP contribution is 2.60. The molecular weight excluding hydrogens is 657 g/mol. The predicted octanol–water partition coefficient (Wildman–Crippen LogP) is 11.9. The molecule has 4 heteroatoms. The smallest absolute Gasteiger partial charge is 0.134 e. The first-order valence-corrected chi connectivity index (χ1v) is 18.6. The third-order valence-corrected chi connectivity index (χ3v) is 12.2. The Hall–Kier alpha value is -7.17. The van der Waals surface area contributed by atoms with Crippen LogP contribution in [-0.2, 0) is 5.41 Å². The van der Waals surface area contributed by atoms with E-state index in [1.807, 2.05) is 0 Å². The molecule has 54 heavy (non-hydrogen) atoms. The topological polar surface area (TPSA) is 27.7 Å². The summed E-state index contributed by atoms with van der Waals surface area (Å²) in [4.78, 5) is 5.48. The average molecular weight is 687 g/mol. The normalized spacial score (nSPS) is 13.7. The zero-order valence-corrected chi connectivity index (χ0v) is 29.1. The van der Waals surface area contributed by atoms with Crippen molar-refractivity contribution in [2.24, 2.45) is 0 Å². The zero-order chi connectivity index (χ0) is 35.1. The van der Waals surface area contributed by atoms with Crippen molar-refractivity contribution in [3.05, 3.63) is 205 Å². The Balaban J connectivity index is 1.15. The fraction of sp³-hybridized carbons (Fsp3) is 0.0200. The van der Waals surface area contributed by atoms with Crippen molar-refractivity contribution in [3.8, 4) is 28.2 Å². The van der Waals surface area contributed by atoms with Gasteiger partial charge in [0.25, 0.3) is 0 Å². The summed E-state index contributed by atoms with van der Waals surface area (Å²) in [5.74, 6) is 1.06. The van der Waals surface area contributed by atoms with Gasteiger partial charge in [0.2, 0.25) is 0 Å². The molecule has 0 atom stereocenters. The number of hydrogen-bond donors (Lipinski definition) is 0. The Labute approximate surface area is 310 Å². The molecule has 0 radical (unpaired) electrons. The predicted molar refractivity (Wildman–Crippen MR) is 221 cm³/mol. The van der Waals surface area contributed by atoms with Crippen molar-refractivity contribution >= 4 is 54.6 Å². The van der Waals surface area contributed by atoms with Crippen LogP contribution in [0.25, 0.3) is 82.8 Å². The minimum absolute atomic E-state index is 0.563. The van der Waals surface area contributed by atoms with Gasteiger partial charge in [0.1, 0.15) is 11.2 Å². The highest BCUT2D eigenvalue weighted by atomic mass is 15.1. The summed E-state index contributed by atoms with van der Waals surface area (Å²) in [6.07, 6.45) is 0. The zero-order valence-electron chi connectivity index (χ0n) is 29.1. The number of fused-ring (bicyclic) bond motifs is 18. The number of para-hydroxylation sites is 5. The second-order valence-corrected chi connectivity index (χ2v) is 14.7. The van der Waals surface area contributed by atoms with E-state index in [4.69, 9.17) is 4.98 Å². The molecule has 2 aliphatic rings. The third kappa shape index (κ3) is 3.33. The van der Waals surface area contributed by atoms with Crippen molar-refractivity contribution in [2.45, 2.75) is 5.41 Å². The van der Waals surface area contributed by atoms with E-state index in [1.54, 1.807) is 0 Å². The standard InChI is InChI=1S/C50H30N4/c1-2-14-31(15-3-1)52-43-23-11-6-18-35(43)37-30-48-38(29-47(37)52)36-19-7-12-24-44(36)53(48)32-26-27-45-41(28-32)50(49-51-42-22-10-13-25-46(42)54(45)49)39-20-8-4-16-33(39)34-17-5-9-21-40(34)50/h1-30H. The SMILES string of the molecule is c1ccc(-n2c3ccccc3c3cc4c(cc32)c2ccccc2n4-c2ccc3c(c2)C2(c4ccccc4-c4ccccc42)c2nc4ccccc4n2-3)cc1. The summed E-state index contributed by atoms with van der Waals surface area (Å²) >= 11 is 0. The molecule has 0 saturated heterocycles. The molecule has 0 amide bonds. The maximum Gasteiger partial charge on any atom is 0.134 e. The fourth-order valence-corrected chi connectivity index (χ4v) is 10.1. The minimum atomic E-state index is -0.563. The molecule has 1 aliphatic carbocycles. The van der Waals surface area contributed by atoms with Gasteiger partial charge in [0.05, 0.1) is 38.8 Å². The van der Waals surface area contributed by atoms with Gasteiger partial charge in [0.15, 0.2) is 0 Å². The van der Waals surface area contributed by atoms with E-state index < -0.39 is 5.41 Å². The lowest BCUT2D eigenvalue weighted by Crippen LogP contribution is -2.27. The van der Waals surface area contributed by atoms with Crippen molar-refractivity contribution in [1.29, 1.82) is 0 Å². The molecule has 11 aromatic rings. The lowest BCUT2D eigenvalue weighted by Gasteiger charge is -2.27. The van der Waals surface area contributed by atoms with Crippen LogP contribution in [0.5, 0.6) is 0 Å². The Morgan fingerprint density at radius 1 is 0.352 bits per heavy atom. The van der Waals surface area contributed by atoms with Crippen molar-refractivity contribution in [1.82, 2.24) is 18.7 Å². The molecule has 0 saturated carbocycles. The van der Waals surface area contributed by atoms with Crippen LogP contribution >= 0.6 is 0 Å². The molecule has 0 fully saturated rings. The summed E-state index contributed by atoms with van der Waals surface area (Å²) in [6.45, 7) is 0. The summed E-state index contributed by atoms with van der Waals surface area (Å²) in [5, 5.41) is 4.97. The number of benzene rings is 8. The lowest BCUT2D eigenvalue weighted by atomic mass is 9.73. The Morgan fingerprint density at radius 2 is 0.889 bits per heavy atom. The van der Waals surface area contributed by atoms with E-state index in [0.717, 1.165) is 28.2 Å². The van der Waals surface area contributed by atoms with Gasteiger partial charge in [0, 0.05) is 38.5 Å². The molecule has 1 spiro atoms. The first-order chi connectivity index (χ1) is 26.8. The maximum atomic E-state index is 5.48. The highest BCUT2D eigenvalue weighted by Gasteiger charge is 2.54. The molecular formula is C50H30N4. The van der Waals surface area contributed by atoms with Crippen LogP contribution in [0.1, 0.15) is 22.5 Å². The monoisotopic (exact) mass is 686 g/mol. The Morgan fingerprint density at radius 3 is 1.56 bits per heavy atom. The molecule has 250 valence electrons. The summed E-state index contributed by atoms with van der Waals surface area (Å²) < 4.78 is 7.32. The molecule has 4 nitrogen and oxygen atoms in total. The van der Waals surface area contributed by atoms with Gasteiger partial charge < -0.3 is 9.13 Å². The molecule has 0 unspecified atom stereocenters. The van der Waals surface area contributed by atoms with E-state index in [2.05, 4.69) is 196 Å². The molecule has 3 aromatic heterocycles. The average Bonchev–Trinajstić information content (AvgIpc) is 4.01. The van der Waals surface area contributed by atoms with E-state index in [0.29, 0.717) is 0 Å². The lowest BCUT2D eigenvalue weighted by molar-refractivity contribution is 0.737. The Kier molecular flexibility index (Phi) is 5.28. The first kappa shape index (κ1) is 28.4. The summed E-state index contributed by atoms with van der Waals surface area (Å²) in [6, 6.07) is 66.8. The van der Waals surface area contributed by atoms with Crippen LogP contribution in [0.3, 0.4) is 0 Å². The number of imidazole rings is 1. The van der Waals surface area contributed by atoms with Gasteiger partial charge in [-0.1, -0.05) is 115 Å².